The molecule has 0 radical (unpaired) electrons. The molecule has 0 saturated carbocycles. The van der Waals surface area contributed by atoms with E-state index in [1.165, 1.54) is 6.07 Å². The van der Waals surface area contributed by atoms with E-state index in [9.17, 15) is 17.2 Å². The van der Waals surface area contributed by atoms with Crippen LogP contribution in [0.25, 0.3) is 0 Å². The van der Waals surface area contributed by atoms with Gasteiger partial charge in [0.05, 0.1) is 11.5 Å². The molecule has 0 aromatic heterocycles. The largest absolute Gasteiger partial charge is 0.371 e. The Hall–Kier alpha value is -1.90. The second-order valence-electron chi connectivity index (χ2n) is 7.16. The molecule has 2 unspecified atom stereocenters. The van der Waals surface area contributed by atoms with Gasteiger partial charge in [-0.05, 0) is 37.8 Å². The molecule has 9 heteroatoms. The molecule has 0 aliphatic carbocycles. The number of aliphatic imine (C=N–C) groups is 1. The number of hydrogen-bond donors (Lipinski definition) is 2. The molecular weight excluding hydrogens is 374 g/mol. The number of hydrogen-bond acceptors (Lipinski definition) is 4. The van der Waals surface area contributed by atoms with E-state index in [2.05, 4.69) is 15.6 Å². The highest BCUT2D eigenvalue weighted by molar-refractivity contribution is 7.91. The van der Waals surface area contributed by atoms with E-state index >= 15 is 0 Å². The van der Waals surface area contributed by atoms with Crippen molar-refractivity contribution in [2.45, 2.75) is 25.8 Å². The summed E-state index contributed by atoms with van der Waals surface area (Å²) in [6.45, 7) is 4.75. The Morgan fingerprint density at radius 3 is 2.78 bits per heavy atom. The lowest BCUT2D eigenvalue weighted by Crippen LogP contribution is -2.44. The van der Waals surface area contributed by atoms with Crippen molar-refractivity contribution in [3.63, 3.8) is 0 Å². The molecule has 2 atom stereocenters. The van der Waals surface area contributed by atoms with Gasteiger partial charge in [0.25, 0.3) is 0 Å². The Balaban J connectivity index is 1.56. The van der Waals surface area contributed by atoms with E-state index in [4.69, 9.17) is 0 Å². The Morgan fingerprint density at radius 1 is 1.30 bits per heavy atom. The summed E-state index contributed by atoms with van der Waals surface area (Å²) >= 11 is 0. The third kappa shape index (κ3) is 5.31. The minimum atomic E-state index is -2.94. The van der Waals surface area contributed by atoms with Crippen LogP contribution in [0.15, 0.2) is 23.2 Å². The molecule has 0 bridgehead atoms. The fraction of sp³-hybridized carbons (Fsp3) is 0.611. The molecule has 2 aliphatic heterocycles. The quantitative estimate of drug-likeness (QED) is 0.579. The highest BCUT2D eigenvalue weighted by Crippen LogP contribution is 2.25. The van der Waals surface area contributed by atoms with Gasteiger partial charge in [-0.1, -0.05) is 0 Å². The van der Waals surface area contributed by atoms with Gasteiger partial charge in [-0.2, -0.15) is 0 Å². The SMILES string of the molecule is CCNC(=NCC1CCN(c2ccc(F)c(F)c2)C1)NC1CCS(=O)(=O)C1. The van der Waals surface area contributed by atoms with Crippen LogP contribution < -0.4 is 15.5 Å². The fourth-order valence-corrected chi connectivity index (χ4v) is 5.21. The first-order chi connectivity index (χ1) is 12.9. The number of guanidine groups is 1. The third-order valence-corrected chi connectivity index (χ3v) is 6.75. The van der Waals surface area contributed by atoms with Gasteiger partial charge < -0.3 is 15.5 Å². The molecule has 1 aromatic rings. The summed E-state index contributed by atoms with van der Waals surface area (Å²) in [6, 6.07) is 3.87. The lowest BCUT2D eigenvalue weighted by molar-refractivity contribution is 0.508. The van der Waals surface area contributed by atoms with E-state index in [0.29, 0.717) is 37.1 Å². The first-order valence-corrected chi connectivity index (χ1v) is 11.1. The van der Waals surface area contributed by atoms with Gasteiger partial charge in [-0.15, -0.1) is 0 Å². The Morgan fingerprint density at radius 2 is 2.11 bits per heavy atom. The predicted molar refractivity (Wildman–Crippen MR) is 103 cm³/mol. The molecule has 3 rings (SSSR count). The van der Waals surface area contributed by atoms with Crippen molar-refractivity contribution in [1.29, 1.82) is 0 Å². The summed E-state index contributed by atoms with van der Waals surface area (Å²) < 4.78 is 49.7. The second-order valence-corrected chi connectivity index (χ2v) is 9.39. The minimum Gasteiger partial charge on any atom is -0.371 e. The van der Waals surface area contributed by atoms with Crippen molar-refractivity contribution in [3.05, 3.63) is 29.8 Å². The van der Waals surface area contributed by atoms with Crippen LogP contribution in [0, 0.1) is 17.6 Å². The summed E-state index contributed by atoms with van der Waals surface area (Å²) in [5.74, 6) is -0.374. The van der Waals surface area contributed by atoms with E-state index in [1.54, 1.807) is 6.07 Å². The first kappa shape index (κ1) is 19.9. The first-order valence-electron chi connectivity index (χ1n) is 9.31. The lowest BCUT2D eigenvalue weighted by atomic mass is 10.1. The number of nitrogens with one attached hydrogen (secondary N) is 2. The van der Waals surface area contributed by atoms with Gasteiger partial charge in [-0.3, -0.25) is 4.99 Å². The summed E-state index contributed by atoms with van der Waals surface area (Å²) in [7, 11) is -2.94. The Bertz CT molecular complexity index is 801. The van der Waals surface area contributed by atoms with Crippen molar-refractivity contribution < 1.29 is 17.2 Å². The topological polar surface area (TPSA) is 73.8 Å². The van der Waals surface area contributed by atoms with Gasteiger partial charge in [-0.25, -0.2) is 17.2 Å². The number of benzene rings is 1. The van der Waals surface area contributed by atoms with E-state index in [0.717, 1.165) is 25.6 Å². The average molecular weight is 400 g/mol. The summed E-state index contributed by atoms with van der Waals surface area (Å²) in [5.41, 5.74) is 0.682. The molecule has 150 valence electrons. The van der Waals surface area contributed by atoms with Crippen LogP contribution in [0.3, 0.4) is 0 Å². The maximum Gasteiger partial charge on any atom is 0.191 e. The number of rotatable bonds is 5. The zero-order valence-corrected chi connectivity index (χ0v) is 16.2. The predicted octanol–water partition coefficient (Wildman–Crippen LogP) is 1.53. The second kappa shape index (κ2) is 8.41. The molecule has 2 saturated heterocycles. The third-order valence-electron chi connectivity index (χ3n) is 4.98. The van der Waals surface area contributed by atoms with Gasteiger partial charge in [0.15, 0.2) is 27.4 Å². The molecular formula is C18H26F2N4O2S. The molecule has 0 amide bonds. The van der Waals surface area contributed by atoms with Crippen LogP contribution in [-0.4, -0.2) is 58.1 Å². The number of anilines is 1. The highest BCUT2D eigenvalue weighted by Gasteiger charge is 2.28. The van der Waals surface area contributed by atoms with E-state index < -0.39 is 21.5 Å². The zero-order chi connectivity index (χ0) is 19.4. The molecule has 6 nitrogen and oxygen atoms in total. The smallest absolute Gasteiger partial charge is 0.191 e. The Labute approximate surface area is 159 Å². The monoisotopic (exact) mass is 400 g/mol. The maximum absolute atomic E-state index is 13.4. The van der Waals surface area contributed by atoms with Gasteiger partial charge in [0.1, 0.15) is 0 Å². The van der Waals surface area contributed by atoms with Crippen LogP contribution in [0.5, 0.6) is 0 Å². The van der Waals surface area contributed by atoms with Crippen LogP contribution >= 0.6 is 0 Å². The van der Waals surface area contributed by atoms with Crippen molar-refractivity contribution in [2.75, 3.05) is 42.6 Å². The number of halogens is 2. The molecule has 2 aliphatic rings. The average Bonchev–Trinajstić information content (AvgIpc) is 3.22. The van der Waals surface area contributed by atoms with Crippen LogP contribution in [-0.2, 0) is 9.84 Å². The summed E-state index contributed by atoms with van der Waals surface area (Å²) in [4.78, 5) is 6.64. The summed E-state index contributed by atoms with van der Waals surface area (Å²) in [6.07, 6.45) is 1.51. The molecule has 2 heterocycles. The Kier molecular flexibility index (Phi) is 6.18. The van der Waals surface area contributed by atoms with Crippen molar-refractivity contribution in [2.24, 2.45) is 10.9 Å². The molecule has 0 spiro atoms. The van der Waals surface area contributed by atoms with E-state index in [1.807, 2.05) is 11.8 Å². The molecule has 1 aromatic carbocycles. The van der Waals surface area contributed by atoms with E-state index in [-0.39, 0.29) is 17.5 Å². The number of sulfone groups is 1. The van der Waals surface area contributed by atoms with Gasteiger partial charge in [0.2, 0.25) is 0 Å². The molecule has 2 N–H and O–H groups in total. The lowest BCUT2D eigenvalue weighted by Gasteiger charge is -2.19. The normalized spacial score (nSPS) is 25.0. The maximum atomic E-state index is 13.4. The van der Waals surface area contributed by atoms with Gasteiger partial charge >= 0.3 is 0 Å². The van der Waals surface area contributed by atoms with Crippen LogP contribution in [0.1, 0.15) is 19.8 Å². The minimum absolute atomic E-state index is 0.102. The van der Waals surface area contributed by atoms with Crippen molar-refractivity contribution in [3.8, 4) is 0 Å². The highest BCUT2D eigenvalue weighted by atomic mass is 32.2. The molecule has 2 fully saturated rings. The molecule has 27 heavy (non-hydrogen) atoms. The van der Waals surface area contributed by atoms with Gasteiger partial charge in [0, 0.05) is 44.0 Å². The van der Waals surface area contributed by atoms with Crippen molar-refractivity contribution >= 4 is 21.5 Å². The fourth-order valence-electron chi connectivity index (χ4n) is 3.54. The number of nitrogens with zero attached hydrogens (tertiary/aromatic N) is 2. The summed E-state index contributed by atoms with van der Waals surface area (Å²) in [5, 5.41) is 6.36. The standard InChI is InChI=1S/C18H26F2N4O2S/c1-2-21-18(23-14-6-8-27(25,26)12-14)22-10-13-5-7-24(11-13)15-3-4-16(19)17(20)9-15/h3-4,9,13-14H,2,5-8,10-12H2,1H3,(H2,21,22,23). The van der Waals surface area contributed by atoms with Crippen molar-refractivity contribution in [1.82, 2.24) is 10.6 Å². The zero-order valence-electron chi connectivity index (χ0n) is 15.4. The van der Waals surface area contributed by atoms with Crippen LogP contribution in [0.4, 0.5) is 14.5 Å². The van der Waals surface area contributed by atoms with Crippen LogP contribution in [0.2, 0.25) is 0 Å².